The number of thioether (sulfide) groups is 1. The number of hydrogen-bond donors (Lipinski definition) is 4. The Hall–Kier alpha value is -3.10. The summed E-state index contributed by atoms with van der Waals surface area (Å²) >= 11 is 2.73. The molecule has 0 saturated carbocycles. The van der Waals surface area contributed by atoms with Gasteiger partial charge < -0.3 is 21.0 Å². The number of aromatic nitrogens is 3. The van der Waals surface area contributed by atoms with E-state index in [9.17, 15) is 14.7 Å². The van der Waals surface area contributed by atoms with Crippen LogP contribution in [0.1, 0.15) is 12.6 Å². The Morgan fingerprint density at radius 1 is 1.52 bits per heavy atom. The zero-order chi connectivity index (χ0) is 23.7. The molecule has 1 saturated heterocycles. The van der Waals surface area contributed by atoms with Crippen LogP contribution in [0, 0.1) is 5.41 Å². The van der Waals surface area contributed by atoms with E-state index in [4.69, 9.17) is 16.0 Å². The topological polar surface area (TPSA) is 164 Å². The second kappa shape index (κ2) is 9.41. The lowest BCUT2D eigenvalue weighted by Crippen LogP contribution is -2.70. The van der Waals surface area contributed by atoms with Crippen molar-refractivity contribution in [2.45, 2.75) is 31.4 Å². The van der Waals surface area contributed by atoms with Gasteiger partial charge in [-0.15, -0.1) is 23.1 Å². The summed E-state index contributed by atoms with van der Waals surface area (Å²) in [6, 6.07) is 0.975. The quantitative estimate of drug-likeness (QED) is 0.220. The number of hydrogen-bond acceptors (Lipinski definition) is 10. The van der Waals surface area contributed by atoms with Crippen LogP contribution in [0.4, 0.5) is 5.13 Å². The number of amides is 2. The fourth-order valence-corrected chi connectivity index (χ4v) is 5.79. The molecule has 4 heterocycles. The van der Waals surface area contributed by atoms with Gasteiger partial charge >= 0.3 is 0 Å². The number of aliphatic hydroxyl groups excluding tert-OH is 1. The summed E-state index contributed by atoms with van der Waals surface area (Å²) in [4.78, 5) is 36.3. The highest BCUT2D eigenvalue weighted by molar-refractivity contribution is 8.00. The largest absolute Gasteiger partial charge is 0.398 e. The van der Waals surface area contributed by atoms with E-state index in [1.165, 1.54) is 18.4 Å². The molecule has 0 unspecified atom stereocenters. The number of fused-ring (bicyclic) bond motifs is 1. The van der Waals surface area contributed by atoms with E-state index in [2.05, 4.69) is 15.5 Å². The van der Waals surface area contributed by atoms with Gasteiger partial charge in [0.25, 0.3) is 11.8 Å². The first-order chi connectivity index (χ1) is 15.8. The van der Waals surface area contributed by atoms with Gasteiger partial charge in [0.15, 0.2) is 10.8 Å². The van der Waals surface area contributed by atoms with E-state index in [0.717, 1.165) is 11.3 Å². The van der Waals surface area contributed by atoms with Crippen LogP contribution in [0.15, 0.2) is 34.1 Å². The molecule has 176 valence electrons. The van der Waals surface area contributed by atoms with Gasteiger partial charge in [-0.25, -0.2) is 4.98 Å². The van der Waals surface area contributed by atoms with Crippen LogP contribution in [-0.4, -0.2) is 72.8 Å². The maximum atomic E-state index is 12.9. The summed E-state index contributed by atoms with van der Waals surface area (Å²) in [6.45, 7) is 2.64. The van der Waals surface area contributed by atoms with Crippen molar-refractivity contribution in [3.63, 3.8) is 0 Å². The SMILES string of the molecule is CO/N=C(/C(=O)N[C@H]1C(=O)N2C(C)=C(Cn3ccc(=N)n3CCO)CS[C@H]12)c1csc(N)n1. The second-order valence-corrected chi connectivity index (χ2v) is 9.38. The number of β-lactam (4-membered cyclic amide) rings is 1. The second-order valence-electron chi connectivity index (χ2n) is 7.39. The number of thiazole rings is 1. The number of nitrogen functional groups attached to an aromatic ring is 1. The molecule has 2 aromatic heterocycles. The van der Waals surface area contributed by atoms with Crippen LogP contribution in [-0.2, 0) is 27.5 Å². The Morgan fingerprint density at radius 3 is 2.97 bits per heavy atom. The lowest BCUT2D eigenvalue weighted by molar-refractivity contribution is -0.145. The zero-order valence-corrected chi connectivity index (χ0v) is 19.7. The Kier molecular flexibility index (Phi) is 6.58. The van der Waals surface area contributed by atoms with Gasteiger partial charge in [-0.3, -0.25) is 29.3 Å². The molecule has 0 aliphatic carbocycles. The normalized spacial score (nSPS) is 20.5. The molecule has 2 amide bonds. The third kappa shape index (κ3) is 4.28. The van der Waals surface area contributed by atoms with E-state index >= 15 is 0 Å². The number of rotatable bonds is 8. The van der Waals surface area contributed by atoms with Gasteiger partial charge in [0.05, 0.1) is 19.7 Å². The van der Waals surface area contributed by atoms with Gasteiger partial charge in [0, 0.05) is 23.0 Å². The van der Waals surface area contributed by atoms with Crippen LogP contribution in [0.5, 0.6) is 0 Å². The van der Waals surface area contributed by atoms with Crippen LogP contribution in [0.25, 0.3) is 0 Å². The van der Waals surface area contributed by atoms with Crippen molar-refractivity contribution in [2.75, 3.05) is 25.2 Å². The standard InChI is InChI=1S/C19H24N8O4S2/c1-10-11(7-25-4-3-13(20)26(25)5-6-28)8-32-18-15(17(30)27(10)18)23-16(29)14(24-31-2)12-9-33-19(21)22-12/h3-4,9,15,18,20,28H,5-8H2,1-2H3,(H2,21,22)(H,23,29)/b20-13?,24-14+/t15-,18+/m0/s1. The van der Waals surface area contributed by atoms with Crippen molar-refractivity contribution in [2.24, 2.45) is 5.16 Å². The van der Waals surface area contributed by atoms with Crippen LogP contribution in [0.3, 0.4) is 0 Å². The molecule has 2 aromatic rings. The van der Waals surface area contributed by atoms with Crippen molar-refractivity contribution in [1.29, 1.82) is 5.41 Å². The zero-order valence-electron chi connectivity index (χ0n) is 18.0. The molecular formula is C19H24N8O4S2. The number of nitrogens with zero attached hydrogens (tertiary/aromatic N) is 5. The molecule has 0 aromatic carbocycles. The molecule has 0 spiro atoms. The molecule has 2 aliphatic heterocycles. The summed E-state index contributed by atoms with van der Waals surface area (Å²) in [5.41, 5.74) is 8.08. The fourth-order valence-electron chi connectivity index (χ4n) is 3.79. The third-order valence-electron chi connectivity index (χ3n) is 5.45. The van der Waals surface area contributed by atoms with Crippen molar-refractivity contribution in [3.05, 3.63) is 40.1 Å². The molecule has 2 aliphatic rings. The monoisotopic (exact) mass is 492 g/mol. The van der Waals surface area contributed by atoms with Crippen LogP contribution >= 0.6 is 23.1 Å². The number of carbonyl (C=O) groups excluding carboxylic acids is 2. The average molecular weight is 493 g/mol. The first kappa shape index (κ1) is 23.1. The number of allylic oxidation sites excluding steroid dienone is 1. The fraction of sp³-hybridized carbons (Fsp3) is 0.421. The molecule has 1 fully saturated rings. The highest BCUT2D eigenvalue weighted by Crippen LogP contribution is 2.40. The predicted octanol–water partition coefficient (Wildman–Crippen LogP) is -0.475. The Labute approximate surface area is 197 Å². The molecule has 0 bridgehead atoms. The smallest absolute Gasteiger partial charge is 0.276 e. The van der Waals surface area contributed by atoms with Gasteiger partial charge in [0.1, 0.15) is 29.7 Å². The summed E-state index contributed by atoms with van der Waals surface area (Å²) < 4.78 is 3.54. The van der Waals surface area contributed by atoms with Gasteiger partial charge in [-0.05, 0) is 18.6 Å². The molecule has 33 heavy (non-hydrogen) atoms. The van der Waals surface area contributed by atoms with E-state index in [1.54, 1.807) is 39.0 Å². The Bertz CT molecular complexity index is 1200. The molecule has 14 heteroatoms. The minimum atomic E-state index is -0.692. The Morgan fingerprint density at radius 2 is 2.30 bits per heavy atom. The predicted molar refractivity (Wildman–Crippen MR) is 123 cm³/mol. The number of nitrogens with one attached hydrogen (secondary N) is 2. The molecule has 0 radical (unpaired) electrons. The third-order valence-corrected chi connectivity index (χ3v) is 7.46. The summed E-state index contributed by atoms with van der Waals surface area (Å²) in [5, 5.41) is 25.4. The number of anilines is 1. The van der Waals surface area contributed by atoms with E-state index < -0.39 is 11.9 Å². The lowest BCUT2D eigenvalue weighted by atomic mass is 10.0. The molecule has 5 N–H and O–H groups in total. The average Bonchev–Trinajstić information content (AvgIpc) is 3.37. The van der Waals surface area contributed by atoms with E-state index in [0.29, 0.717) is 29.5 Å². The molecule has 4 rings (SSSR count). The molecule has 2 atom stereocenters. The maximum absolute atomic E-state index is 12.9. The maximum Gasteiger partial charge on any atom is 0.276 e. The highest BCUT2D eigenvalue weighted by Gasteiger charge is 2.51. The van der Waals surface area contributed by atoms with Crippen molar-refractivity contribution >= 4 is 45.8 Å². The number of carbonyl (C=O) groups is 2. The highest BCUT2D eigenvalue weighted by atomic mass is 32.2. The van der Waals surface area contributed by atoms with Gasteiger partial charge in [-0.2, -0.15) is 0 Å². The van der Waals surface area contributed by atoms with Crippen LogP contribution in [0.2, 0.25) is 0 Å². The summed E-state index contributed by atoms with van der Waals surface area (Å²) in [5.74, 6) is -0.102. The van der Waals surface area contributed by atoms with Gasteiger partial charge in [0.2, 0.25) is 0 Å². The number of oxime groups is 1. The van der Waals surface area contributed by atoms with Crippen LogP contribution < -0.4 is 16.5 Å². The lowest BCUT2D eigenvalue weighted by Gasteiger charge is -2.50. The summed E-state index contributed by atoms with van der Waals surface area (Å²) in [6.07, 6.45) is 1.79. The minimum Gasteiger partial charge on any atom is -0.398 e. The first-order valence-corrected chi connectivity index (χ1v) is 12.0. The number of aliphatic hydroxyl groups is 1. The number of nitrogens with two attached hydrogens (primary N) is 1. The van der Waals surface area contributed by atoms with Crippen molar-refractivity contribution in [3.8, 4) is 0 Å². The minimum absolute atomic E-state index is 0.0438. The molecular weight excluding hydrogens is 468 g/mol. The Balaban J connectivity index is 1.48. The van der Waals surface area contributed by atoms with E-state index in [1.807, 2.05) is 11.6 Å². The first-order valence-electron chi connectivity index (χ1n) is 10.0. The van der Waals surface area contributed by atoms with Gasteiger partial charge in [-0.1, -0.05) is 5.16 Å². The van der Waals surface area contributed by atoms with E-state index in [-0.39, 0.29) is 29.3 Å². The van der Waals surface area contributed by atoms with Crippen molar-refractivity contribution in [1.82, 2.24) is 24.6 Å². The summed E-state index contributed by atoms with van der Waals surface area (Å²) in [7, 11) is 1.32. The molecule has 12 nitrogen and oxygen atoms in total. The van der Waals surface area contributed by atoms with Crippen molar-refractivity contribution < 1.29 is 19.5 Å².